The zero-order valence-electron chi connectivity index (χ0n) is 14.8. The summed E-state index contributed by atoms with van der Waals surface area (Å²) in [4.78, 5) is 16.1. The Morgan fingerprint density at radius 2 is 2.07 bits per heavy atom. The van der Waals surface area contributed by atoms with Crippen molar-refractivity contribution in [2.24, 2.45) is 0 Å². The predicted molar refractivity (Wildman–Crippen MR) is 101 cm³/mol. The standard InChI is InChI=1S/C20H17ClN2O4/c1-13-7-8-14(11-16(13)21)9-10-19(24)26-12-18-22-20(23-27-18)15-5-3-4-6-17(15)25-2/h3-11H,12H2,1-2H3/b10-9+. The summed E-state index contributed by atoms with van der Waals surface area (Å²) >= 11 is 6.06. The van der Waals surface area contributed by atoms with E-state index >= 15 is 0 Å². The number of rotatable bonds is 6. The molecule has 0 aliphatic heterocycles. The van der Waals surface area contributed by atoms with Gasteiger partial charge in [-0.25, -0.2) is 4.79 Å². The Hall–Kier alpha value is -3.12. The quantitative estimate of drug-likeness (QED) is 0.461. The molecule has 0 fully saturated rings. The number of ether oxygens (including phenoxy) is 2. The van der Waals surface area contributed by atoms with Crippen LogP contribution in [-0.4, -0.2) is 23.2 Å². The maximum Gasteiger partial charge on any atom is 0.331 e. The summed E-state index contributed by atoms with van der Waals surface area (Å²) in [5.41, 5.74) is 2.47. The number of aromatic nitrogens is 2. The van der Waals surface area contributed by atoms with Gasteiger partial charge in [0.05, 0.1) is 12.7 Å². The molecule has 0 aliphatic rings. The third kappa shape index (κ3) is 4.74. The lowest BCUT2D eigenvalue weighted by Gasteiger charge is -2.03. The molecule has 7 heteroatoms. The molecule has 0 amide bonds. The van der Waals surface area contributed by atoms with Crippen molar-refractivity contribution in [3.05, 3.63) is 70.6 Å². The van der Waals surface area contributed by atoms with E-state index in [-0.39, 0.29) is 12.5 Å². The molecule has 138 valence electrons. The fourth-order valence-corrected chi connectivity index (χ4v) is 2.50. The van der Waals surface area contributed by atoms with Crippen molar-refractivity contribution in [1.82, 2.24) is 10.1 Å². The van der Waals surface area contributed by atoms with Gasteiger partial charge in [0.2, 0.25) is 5.82 Å². The number of nitrogens with zero attached hydrogens (tertiary/aromatic N) is 2. The summed E-state index contributed by atoms with van der Waals surface area (Å²) in [6.45, 7) is 1.79. The van der Waals surface area contributed by atoms with Crippen molar-refractivity contribution < 1.29 is 18.8 Å². The Morgan fingerprint density at radius 3 is 2.85 bits per heavy atom. The highest BCUT2D eigenvalue weighted by Crippen LogP contribution is 2.27. The Kier molecular flexibility index (Phi) is 5.88. The van der Waals surface area contributed by atoms with Gasteiger partial charge in [0.15, 0.2) is 6.61 Å². The molecule has 0 spiro atoms. The summed E-state index contributed by atoms with van der Waals surface area (Å²) < 4.78 is 15.5. The molecule has 0 bridgehead atoms. The second-order valence-electron chi connectivity index (χ2n) is 5.66. The van der Waals surface area contributed by atoms with Crippen molar-refractivity contribution in [2.45, 2.75) is 13.5 Å². The molecule has 0 N–H and O–H groups in total. The number of methoxy groups -OCH3 is 1. The van der Waals surface area contributed by atoms with Gasteiger partial charge < -0.3 is 14.0 Å². The zero-order valence-corrected chi connectivity index (χ0v) is 15.6. The molecule has 3 aromatic rings. The number of para-hydroxylation sites is 1. The molecule has 1 heterocycles. The summed E-state index contributed by atoms with van der Waals surface area (Å²) in [6, 6.07) is 12.8. The number of carbonyl (C=O) groups is 1. The summed E-state index contributed by atoms with van der Waals surface area (Å²) in [6.07, 6.45) is 2.94. The van der Waals surface area contributed by atoms with E-state index in [9.17, 15) is 4.79 Å². The lowest BCUT2D eigenvalue weighted by Crippen LogP contribution is -2.01. The van der Waals surface area contributed by atoms with Crippen molar-refractivity contribution in [2.75, 3.05) is 7.11 Å². The average molecular weight is 385 g/mol. The van der Waals surface area contributed by atoms with Crippen LogP contribution in [0, 0.1) is 6.92 Å². The first-order valence-corrected chi connectivity index (χ1v) is 8.51. The number of aryl methyl sites for hydroxylation is 1. The second-order valence-corrected chi connectivity index (χ2v) is 6.07. The smallest absolute Gasteiger partial charge is 0.331 e. The van der Waals surface area contributed by atoms with Crippen LogP contribution in [0.15, 0.2) is 53.1 Å². The van der Waals surface area contributed by atoms with Gasteiger partial charge in [-0.15, -0.1) is 0 Å². The average Bonchev–Trinajstić information content (AvgIpc) is 3.16. The zero-order chi connectivity index (χ0) is 19.2. The van der Waals surface area contributed by atoms with E-state index < -0.39 is 5.97 Å². The maximum absolute atomic E-state index is 11.9. The number of esters is 1. The number of hydrogen-bond donors (Lipinski definition) is 0. The van der Waals surface area contributed by atoms with Crippen molar-refractivity contribution in [3.63, 3.8) is 0 Å². The second kappa shape index (κ2) is 8.51. The van der Waals surface area contributed by atoms with Gasteiger partial charge in [-0.2, -0.15) is 4.98 Å². The molecule has 0 unspecified atom stereocenters. The monoisotopic (exact) mass is 384 g/mol. The number of hydrogen-bond acceptors (Lipinski definition) is 6. The maximum atomic E-state index is 11.9. The Bertz CT molecular complexity index is 982. The van der Waals surface area contributed by atoms with Gasteiger partial charge >= 0.3 is 5.97 Å². The van der Waals surface area contributed by atoms with Crippen LogP contribution in [0.3, 0.4) is 0 Å². The van der Waals surface area contributed by atoms with E-state index in [2.05, 4.69) is 10.1 Å². The first-order valence-electron chi connectivity index (χ1n) is 8.14. The minimum absolute atomic E-state index is 0.125. The minimum Gasteiger partial charge on any atom is -0.496 e. The molecular formula is C20H17ClN2O4. The van der Waals surface area contributed by atoms with Crippen LogP contribution in [0.25, 0.3) is 17.5 Å². The topological polar surface area (TPSA) is 74.5 Å². The van der Waals surface area contributed by atoms with Crippen molar-refractivity contribution >= 4 is 23.6 Å². The Labute approximate surface area is 161 Å². The minimum atomic E-state index is -0.524. The number of halogens is 1. The largest absolute Gasteiger partial charge is 0.496 e. The van der Waals surface area contributed by atoms with E-state index in [1.54, 1.807) is 25.3 Å². The van der Waals surface area contributed by atoms with Gasteiger partial charge in [-0.1, -0.05) is 41.0 Å². The molecule has 6 nitrogen and oxygen atoms in total. The fourth-order valence-electron chi connectivity index (χ4n) is 2.31. The molecule has 3 rings (SSSR count). The molecule has 2 aromatic carbocycles. The highest BCUT2D eigenvalue weighted by Gasteiger charge is 2.13. The molecule has 0 atom stereocenters. The van der Waals surface area contributed by atoms with Crippen LogP contribution < -0.4 is 4.74 Å². The third-order valence-corrected chi connectivity index (χ3v) is 4.17. The van der Waals surface area contributed by atoms with Crippen LogP contribution in [0.1, 0.15) is 17.0 Å². The van der Waals surface area contributed by atoms with Crippen LogP contribution in [0.2, 0.25) is 5.02 Å². The first kappa shape index (κ1) is 18.7. The van der Waals surface area contributed by atoms with E-state index in [1.165, 1.54) is 6.08 Å². The molecule has 0 aliphatic carbocycles. The molecule has 27 heavy (non-hydrogen) atoms. The molecule has 0 saturated carbocycles. The third-order valence-electron chi connectivity index (χ3n) is 3.76. The highest BCUT2D eigenvalue weighted by atomic mass is 35.5. The number of carbonyl (C=O) groups excluding carboxylic acids is 1. The van der Waals surface area contributed by atoms with Gasteiger partial charge in [-0.05, 0) is 42.3 Å². The van der Waals surface area contributed by atoms with Crippen LogP contribution >= 0.6 is 11.6 Å². The van der Waals surface area contributed by atoms with Crippen LogP contribution in [0.4, 0.5) is 0 Å². The van der Waals surface area contributed by atoms with Crippen LogP contribution in [-0.2, 0) is 16.1 Å². The summed E-state index contributed by atoms with van der Waals surface area (Å²) in [7, 11) is 1.56. The molecule has 0 radical (unpaired) electrons. The molecule has 1 aromatic heterocycles. The van der Waals surface area contributed by atoms with E-state index in [0.717, 1.165) is 11.1 Å². The fraction of sp³-hybridized carbons (Fsp3) is 0.150. The van der Waals surface area contributed by atoms with Crippen molar-refractivity contribution in [3.8, 4) is 17.1 Å². The van der Waals surface area contributed by atoms with Gasteiger partial charge in [0.25, 0.3) is 5.89 Å². The Morgan fingerprint density at radius 1 is 1.26 bits per heavy atom. The van der Waals surface area contributed by atoms with Crippen molar-refractivity contribution in [1.29, 1.82) is 0 Å². The van der Waals surface area contributed by atoms with E-state index in [4.69, 9.17) is 25.6 Å². The van der Waals surface area contributed by atoms with Gasteiger partial charge in [-0.3, -0.25) is 0 Å². The van der Waals surface area contributed by atoms with E-state index in [1.807, 2.05) is 37.3 Å². The Balaban J connectivity index is 1.60. The SMILES string of the molecule is COc1ccccc1-c1noc(COC(=O)/C=C/c2ccc(C)c(Cl)c2)n1. The molecular weight excluding hydrogens is 368 g/mol. The summed E-state index contributed by atoms with van der Waals surface area (Å²) in [5.74, 6) is 0.657. The normalized spacial score (nSPS) is 10.9. The lowest BCUT2D eigenvalue weighted by molar-refractivity contribution is -0.139. The lowest BCUT2D eigenvalue weighted by atomic mass is 10.1. The van der Waals surface area contributed by atoms with Crippen LogP contribution in [0.5, 0.6) is 5.75 Å². The van der Waals surface area contributed by atoms with Gasteiger partial charge in [0.1, 0.15) is 5.75 Å². The van der Waals surface area contributed by atoms with Gasteiger partial charge in [0, 0.05) is 11.1 Å². The summed E-state index contributed by atoms with van der Waals surface area (Å²) in [5, 5.41) is 4.53. The highest BCUT2D eigenvalue weighted by molar-refractivity contribution is 6.31. The number of benzene rings is 2. The van der Waals surface area contributed by atoms with E-state index in [0.29, 0.717) is 22.2 Å². The predicted octanol–water partition coefficient (Wildman–Crippen LogP) is 4.46. The molecule has 0 saturated heterocycles. The first-order chi connectivity index (χ1) is 13.1.